The first-order valence-corrected chi connectivity index (χ1v) is 9.16. The molecule has 2 aromatic heterocycles. The Balaban J connectivity index is 1.62. The van der Waals surface area contributed by atoms with Crippen LogP contribution >= 0.6 is 46.1 Å². The number of hydrogen-bond donors (Lipinski definition) is 1. The molecular formula is C16H11Cl3N4OS. The minimum Gasteiger partial charge on any atom is -0.296 e. The molecule has 0 unspecified atom stereocenters. The second-order valence-electron chi connectivity index (χ2n) is 5.03. The molecule has 2 heterocycles. The van der Waals surface area contributed by atoms with Crippen LogP contribution in [0.5, 0.6) is 0 Å². The lowest BCUT2D eigenvalue weighted by atomic mass is 10.1. The van der Waals surface area contributed by atoms with E-state index in [1.165, 1.54) is 17.5 Å². The number of hydrogen-bond acceptors (Lipinski definition) is 5. The Morgan fingerprint density at radius 1 is 1.12 bits per heavy atom. The predicted molar refractivity (Wildman–Crippen MR) is 101 cm³/mol. The van der Waals surface area contributed by atoms with Crippen molar-refractivity contribution in [2.75, 3.05) is 5.32 Å². The zero-order valence-electron chi connectivity index (χ0n) is 12.7. The number of anilines is 1. The summed E-state index contributed by atoms with van der Waals surface area (Å²) in [5.41, 5.74) is 1.27. The molecule has 0 fully saturated rings. The predicted octanol–water partition coefficient (Wildman–Crippen LogP) is 4.93. The largest absolute Gasteiger partial charge is 0.296 e. The second-order valence-corrected chi connectivity index (χ2v) is 7.30. The maximum atomic E-state index is 12.2. The van der Waals surface area contributed by atoms with Crippen LogP contribution in [-0.2, 0) is 12.8 Å². The molecule has 3 rings (SSSR count). The first kappa shape index (κ1) is 18.1. The van der Waals surface area contributed by atoms with Crippen LogP contribution < -0.4 is 5.32 Å². The lowest BCUT2D eigenvalue weighted by Crippen LogP contribution is -2.12. The normalized spacial score (nSPS) is 10.7. The maximum absolute atomic E-state index is 12.2. The number of nitrogens with one attached hydrogen (secondary N) is 1. The standard InChI is InChI=1S/C16H11Cl3N4OS/c17-10-5-3-9(12(18)8-10)4-6-13-22-23-16(25-13)21-15(24)11-2-1-7-20-14(11)19/h1-3,5,7-8H,4,6H2,(H,21,23,24). The zero-order chi connectivity index (χ0) is 17.8. The van der Waals surface area contributed by atoms with E-state index in [1.54, 1.807) is 24.3 Å². The highest BCUT2D eigenvalue weighted by Crippen LogP contribution is 2.24. The smallest absolute Gasteiger partial charge is 0.260 e. The number of amides is 1. The molecule has 0 aliphatic carbocycles. The van der Waals surface area contributed by atoms with E-state index in [9.17, 15) is 4.79 Å². The molecule has 0 aliphatic rings. The first-order chi connectivity index (χ1) is 12.0. The number of nitrogens with zero attached hydrogens (tertiary/aromatic N) is 3. The van der Waals surface area contributed by atoms with Gasteiger partial charge in [0.2, 0.25) is 5.13 Å². The molecule has 1 amide bonds. The van der Waals surface area contributed by atoms with Crippen molar-refractivity contribution < 1.29 is 4.79 Å². The summed E-state index contributed by atoms with van der Waals surface area (Å²) in [5.74, 6) is -0.374. The van der Waals surface area contributed by atoms with Crippen LogP contribution in [0.1, 0.15) is 20.9 Å². The third-order valence-electron chi connectivity index (χ3n) is 3.31. The van der Waals surface area contributed by atoms with Crippen molar-refractivity contribution in [3.05, 3.63) is 67.9 Å². The fourth-order valence-corrected chi connectivity index (χ4v) is 3.53. The van der Waals surface area contributed by atoms with Gasteiger partial charge >= 0.3 is 0 Å². The van der Waals surface area contributed by atoms with Crippen molar-refractivity contribution in [2.24, 2.45) is 0 Å². The summed E-state index contributed by atoms with van der Waals surface area (Å²) in [6.45, 7) is 0. The topological polar surface area (TPSA) is 67.8 Å². The van der Waals surface area contributed by atoms with Crippen molar-refractivity contribution in [1.82, 2.24) is 15.2 Å². The lowest BCUT2D eigenvalue weighted by molar-refractivity contribution is 0.102. The van der Waals surface area contributed by atoms with Crippen LogP contribution in [0.3, 0.4) is 0 Å². The molecular weight excluding hydrogens is 403 g/mol. The Morgan fingerprint density at radius 3 is 2.72 bits per heavy atom. The number of rotatable bonds is 5. The fraction of sp³-hybridized carbons (Fsp3) is 0.125. The molecule has 0 saturated heterocycles. The Bertz CT molecular complexity index is 916. The van der Waals surface area contributed by atoms with Gasteiger partial charge in [-0.15, -0.1) is 10.2 Å². The molecule has 128 valence electrons. The van der Waals surface area contributed by atoms with Crippen molar-refractivity contribution in [3.63, 3.8) is 0 Å². The molecule has 9 heteroatoms. The number of aryl methyl sites for hydroxylation is 2. The van der Waals surface area contributed by atoms with Crippen LogP contribution in [0.4, 0.5) is 5.13 Å². The SMILES string of the molecule is O=C(Nc1nnc(CCc2ccc(Cl)cc2Cl)s1)c1cccnc1Cl. The van der Waals surface area contributed by atoms with Gasteiger partial charge in [-0.3, -0.25) is 10.1 Å². The number of carbonyl (C=O) groups is 1. The molecule has 0 spiro atoms. The molecule has 25 heavy (non-hydrogen) atoms. The lowest BCUT2D eigenvalue weighted by Gasteiger charge is -2.03. The Hall–Kier alpha value is -1.73. The summed E-state index contributed by atoms with van der Waals surface area (Å²) >= 11 is 19.3. The van der Waals surface area contributed by atoms with Crippen LogP contribution in [0.2, 0.25) is 15.2 Å². The number of benzene rings is 1. The van der Waals surface area contributed by atoms with E-state index in [4.69, 9.17) is 34.8 Å². The van der Waals surface area contributed by atoms with Crippen LogP contribution in [0.15, 0.2) is 36.5 Å². The van der Waals surface area contributed by atoms with E-state index in [0.717, 1.165) is 10.6 Å². The molecule has 0 aliphatic heterocycles. The zero-order valence-corrected chi connectivity index (χ0v) is 15.8. The maximum Gasteiger partial charge on any atom is 0.260 e. The molecule has 3 aromatic rings. The van der Waals surface area contributed by atoms with Gasteiger partial charge in [0.05, 0.1) is 5.56 Å². The highest BCUT2D eigenvalue weighted by Gasteiger charge is 2.14. The molecule has 0 saturated carbocycles. The van der Waals surface area contributed by atoms with Gasteiger partial charge < -0.3 is 0 Å². The van der Waals surface area contributed by atoms with Crippen molar-refractivity contribution >= 4 is 57.2 Å². The summed E-state index contributed by atoms with van der Waals surface area (Å²) in [4.78, 5) is 16.0. The van der Waals surface area contributed by atoms with Gasteiger partial charge in [-0.2, -0.15) is 0 Å². The van der Waals surface area contributed by atoms with E-state index in [-0.39, 0.29) is 16.6 Å². The highest BCUT2D eigenvalue weighted by atomic mass is 35.5. The van der Waals surface area contributed by atoms with Gasteiger partial charge in [0.1, 0.15) is 10.2 Å². The van der Waals surface area contributed by atoms with Crippen LogP contribution in [-0.4, -0.2) is 21.1 Å². The molecule has 1 aromatic carbocycles. The number of pyridine rings is 1. The summed E-state index contributed by atoms with van der Waals surface area (Å²) in [6.07, 6.45) is 2.87. The average molecular weight is 414 g/mol. The second kappa shape index (κ2) is 8.10. The van der Waals surface area contributed by atoms with Gasteiger partial charge in [-0.25, -0.2) is 4.98 Å². The van der Waals surface area contributed by atoms with E-state index >= 15 is 0 Å². The fourth-order valence-electron chi connectivity index (χ4n) is 2.09. The third kappa shape index (κ3) is 4.67. The van der Waals surface area contributed by atoms with Crippen LogP contribution in [0.25, 0.3) is 0 Å². The van der Waals surface area contributed by atoms with E-state index < -0.39 is 0 Å². The van der Waals surface area contributed by atoms with Gasteiger partial charge in [-0.1, -0.05) is 52.2 Å². The average Bonchev–Trinajstić information content (AvgIpc) is 3.02. The van der Waals surface area contributed by atoms with Crippen molar-refractivity contribution in [1.29, 1.82) is 0 Å². The minimum atomic E-state index is -0.374. The first-order valence-electron chi connectivity index (χ1n) is 7.21. The molecule has 1 N–H and O–H groups in total. The Kier molecular flexibility index (Phi) is 5.86. The van der Waals surface area contributed by atoms with Gasteiger partial charge in [0.25, 0.3) is 5.91 Å². The number of carbonyl (C=O) groups excluding carboxylic acids is 1. The summed E-state index contributed by atoms with van der Waals surface area (Å²) < 4.78 is 0. The Morgan fingerprint density at radius 2 is 1.96 bits per heavy atom. The quantitative estimate of drug-likeness (QED) is 0.602. The molecule has 0 radical (unpaired) electrons. The molecule has 5 nitrogen and oxygen atoms in total. The monoisotopic (exact) mass is 412 g/mol. The third-order valence-corrected chi connectivity index (χ3v) is 5.10. The molecule has 0 atom stereocenters. The Labute approximate surface area is 163 Å². The summed E-state index contributed by atoms with van der Waals surface area (Å²) in [7, 11) is 0. The van der Waals surface area contributed by atoms with E-state index in [1.807, 2.05) is 6.07 Å². The summed E-state index contributed by atoms with van der Waals surface area (Å²) in [6, 6.07) is 8.63. The van der Waals surface area contributed by atoms with Gasteiger partial charge in [-0.05, 0) is 36.2 Å². The van der Waals surface area contributed by atoms with E-state index in [0.29, 0.717) is 28.0 Å². The van der Waals surface area contributed by atoms with E-state index in [2.05, 4.69) is 20.5 Å². The summed E-state index contributed by atoms with van der Waals surface area (Å²) in [5, 5.41) is 13.3. The molecule has 0 bridgehead atoms. The van der Waals surface area contributed by atoms with Gasteiger partial charge in [0.15, 0.2) is 0 Å². The number of halogens is 3. The number of aromatic nitrogens is 3. The highest BCUT2D eigenvalue weighted by molar-refractivity contribution is 7.15. The van der Waals surface area contributed by atoms with Crippen LogP contribution in [0, 0.1) is 0 Å². The minimum absolute atomic E-state index is 0.141. The van der Waals surface area contributed by atoms with Crippen molar-refractivity contribution in [2.45, 2.75) is 12.8 Å². The van der Waals surface area contributed by atoms with Crippen molar-refractivity contribution in [3.8, 4) is 0 Å². The van der Waals surface area contributed by atoms with Gasteiger partial charge in [0, 0.05) is 22.7 Å².